The van der Waals surface area contributed by atoms with Crippen LogP contribution in [0.3, 0.4) is 0 Å². The molecule has 0 aromatic rings. The molecule has 0 fully saturated rings. The lowest BCUT2D eigenvalue weighted by atomic mass is 10.0. The molecule has 0 radical (unpaired) electrons. The van der Waals surface area contributed by atoms with Crippen molar-refractivity contribution in [3.05, 3.63) is 12.2 Å². The standard InChI is InChI=1S/C42H80NO10P/c1-3-5-7-9-11-13-15-17-18-19-20-21-22-24-26-28-30-32-34-41(45)53-38(36-51-54(48,49)52-37-39(43)42(46)47)35-50-40(44)33-31-29-27-25-23-16-14-12-10-8-6-4-2/h18-19,38-39H,3-17,20-37,43H2,1-2H3,(H,46,47)(H,48,49)/b19-18-. The second kappa shape index (κ2) is 38.1. The maximum Gasteiger partial charge on any atom is 0.472 e. The third-order valence-corrected chi connectivity index (χ3v) is 10.5. The summed E-state index contributed by atoms with van der Waals surface area (Å²) in [4.78, 5) is 45.9. The minimum absolute atomic E-state index is 0.160. The number of nitrogens with two attached hydrogens (primary N) is 1. The number of hydrogen-bond acceptors (Lipinski definition) is 9. The van der Waals surface area contributed by atoms with E-state index in [1.807, 2.05) is 0 Å². The number of carbonyl (C=O) groups is 3. The van der Waals surface area contributed by atoms with Gasteiger partial charge in [-0.15, -0.1) is 0 Å². The smallest absolute Gasteiger partial charge is 0.472 e. The number of ether oxygens (including phenoxy) is 2. The zero-order valence-corrected chi connectivity index (χ0v) is 35.2. The quantitative estimate of drug-likeness (QED) is 0.0233. The third-order valence-electron chi connectivity index (χ3n) is 9.51. The molecule has 11 nitrogen and oxygen atoms in total. The first-order chi connectivity index (χ1) is 26.1. The van der Waals surface area contributed by atoms with Crippen LogP contribution in [0.5, 0.6) is 0 Å². The Morgan fingerprint density at radius 2 is 0.926 bits per heavy atom. The highest BCUT2D eigenvalue weighted by Gasteiger charge is 2.28. The topological polar surface area (TPSA) is 172 Å². The molecular weight excluding hydrogens is 709 g/mol. The highest BCUT2D eigenvalue weighted by molar-refractivity contribution is 7.47. The molecule has 0 saturated carbocycles. The van der Waals surface area contributed by atoms with E-state index in [1.54, 1.807) is 0 Å². The molecule has 0 aliphatic heterocycles. The highest BCUT2D eigenvalue weighted by atomic mass is 31.2. The van der Waals surface area contributed by atoms with E-state index in [1.165, 1.54) is 122 Å². The van der Waals surface area contributed by atoms with E-state index in [0.29, 0.717) is 12.8 Å². The van der Waals surface area contributed by atoms with Crippen LogP contribution in [0.1, 0.15) is 206 Å². The second-order valence-corrected chi connectivity index (χ2v) is 16.3. The molecule has 54 heavy (non-hydrogen) atoms. The van der Waals surface area contributed by atoms with Crippen LogP contribution < -0.4 is 5.73 Å². The zero-order chi connectivity index (χ0) is 40.0. The van der Waals surface area contributed by atoms with E-state index in [9.17, 15) is 23.8 Å². The average molecular weight is 790 g/mol. The number of hydrogen-bond donors (Lipinski definition) is 3. The van der Waals surface area contributed by atoms with Gasteiger partial charge in [0.1, 0.15) is 12.6 Å². The number of unbranched alkanes of at least 4 members (excludes halogenated alkanes) is 25. The summed E-state index contributed by atoms with van der Waals surface area (Å²) < 4.78 is 32.7. The molecule has 0 amide bonds. The van der Waals surface area contributed by atoms with Gasteiger partial charge in [-0.2, -0.15) is 0 Å². The Morgan fingerprint density at radius 1 is 0.556 bits per heavy atom. The van der Waals surface area contributed by atoms with Crippen molar-refractivity contribution in [1.82, 2.24) is 0 Å². The normalized spacial score (nSPS) is 13.9. The van der Waals surface area contributed by atoms with Crippen LogP contribution in [0.25, 0.3) is 0 Å². The van der Waals surface area contributed by atoms with E-state index in [0.717, 1.165) is 44.9 Å². The molecule has 0 aromatic heterocycles. The van der Waals surface area contributed by atoms with Crippen LogP contribution in [0.15, 0.2) is 12.2 Å². The zero-order valence-electron chi connectivity index (χ0n) is 34.3. The van der Waals surface area contributed by atoms with Gasteiger partial charge in [0.25, 0.3) is 0 Å². The number of phosphoric ester groups is 1. The Hall–Kier alpha value is -1.78. The van der Waals surface area contributed by atoms with Gasteiger partial charge in [0.15, 0.2) is 6.10 Å². The Morgan fingerprint density at radius 3 is 1.35 bits per heavy atom. The molecule has 3 atom stereocenters. The maximum atomic E-state index is 12.6. The van der Waals surface area contributed by atoms with Crippen LogP contribution in [0.4, 0.5) is 0 Å². The van der Waals surface area contributed by atoms with Gasteiger partial charge in [0.2, 0.25) is 0 Å². The number of allylic oxidation sites excluding steroid dienone is 2. The number of esters is 2. The molecule has 0 rings (SSSR count). The summed E-state index contributed by atoms with van der Waals surface area (Å²) in [6, 6.07) is -1.52. The van der Waals surface area contributed by atoms with Crippen molar-refractivity contribution in [3.8, 4) is 0 Å². The molecule has 0 saturated heterocycles. The van der Waals surface area contributed by atoms with Crippen molar-refractivity contribution < 1.29 is 47.5 Å². The van der Waals surface area contributed by atoms with Gasteiger partial charge in [-0.05, 0) is 38.5 Å². The lowest BCUT2D eigenvalue weighted by molar-refractivity contribution is -0.161. The second-order valence-electron chi connectivity index (χ2n) is 14.8. The Bertz CT molecular complexity index is 979. The fraction of sp³-hybridized carbons (Fsp3) is 0.881. The van der Waals surface area contributed by atoms with Gasteiger partial charge in [0, 0.05) is 12.8 Å². The van der Waals surface area contributed by atoms with Gasteiger partial charge in [-0.1, -0.05) is 167 Å². The molecule has 0 spiro atoms. The van der Waals surface area contributed by atoms with Crippen LogP contribution in [-0.4, -0.2) is 59.9 Å². The number of carbonyl (C=O) groups excluding carboxylic acids is 2. The molecule has 0 heterocycles. The van der Waals surface area contributed by atoms with Gasteiger partial charge >= 0.3 is 25.7 Å². The van der Waals surface area contributed by atoms with Crippen molar-refractivity contribution in [2.45, 2.75) is 219 Å². The van der Waals surface area contributed by atoms with Gasteiger partial charge in [-0.25, -0.2) is 4.57 Å². The van der Waals surface area contributed by atoms with Crippen molar-refractivity contribution >= 4 is 25.7 Å². The van der Waals surface area contributed by atoms with Crippen molar-refractivity contribution in [1.29, 1.82) is 0 Å². The fourth-order valence-electron chi connectivity index (χ4n) is 6.06. The number of carboxylic acid groups (broad SMARTS) is 1. The molecule has 0 bridgehead atoms. The summed E-state index contributed by atoms with van der Waals surface area (Å²) in [5.74, 6) is -2.37. The summed E-state index contributed by atoms with van der Waals surface area (Å²) >= 11 is 0. The molecular formula is C42H80NO10P. The van der Waals surface area contributed by atoms with Crippen LogP contribution in [-0.2, 0) is 37.5 Å². The van der Waals surface area contributed by atoms with E-state index in [4.69, 9.17) is 24.8 Å². The maximum absolute atomic E-state index is 12.6. The lowest BCUT2D eigenvalue weighted by Crippen LogP contribution is -2.34. The Labute approximate surface area is 328 Å². The largest absolute Gasteiger partial charge is 0.480 e. The highest BCUT2D eigenvalue weighted by Crippen LogP contribution is 2.43. The van der Waals surface area contributed by atoms with Crippen molar-refractivity contribution in [2.24, 2.45) is 5.73 Å². The number of phosphoric acid groups is 1. The molecule has 0 aliphatic rings. The first-order valence-corrected chi connectivity index (χ1v) is 23.2. The lowest BCUT2D eigenvalue weighted by Gasteiger charge is -2.20. The average Bonchev–Trinajstić information content (AvgIpc) is 3.14. The minimum atomic E-state index is -4.71. The molecule has 0 aliphatic carbocycles. The van der Waals surface area contributed by atoms with Gasteiger partial charge < -0.3 is 25.2 Å². The monoisotopic (exact) mass is 790 g/mol. The summed E-state index contributed by atoms with van der Waals surface area (Å²) in [6.45, 7) is 2.81. The predicted octanol–water partition coefficient (Wildman–Crippen LogP) is 11.3. The first-order valence-electron chi connectivity index (χ1n) is 21.7. The van der Waals surface area contributed by atoms with E-state index in [-0.39, 0.29) is 19.4 Å². The summed E-state index contributed by atoms with van der Waals surface area (Å²) in [7, 11) is -4.71. The van der Waals surface area contributed by atoms with E-state index >= 15 is 0 Å². The van der Waals surface area contributed by atoms with Gasteiger partial charge in [-0.3, -0.25) is 23.4 Å². The molecule has 3 unspecified atom stereocenters. The third kappa shape index (κ3) is 37.2. The molecule has 12 heteroatoms. The summed E-state index contributed by atoms with van der Waals surface area (Å²) in [6.07, 6.45) is 37.0. The number of rotatable bonds is 41. The minimum Gasteiger partial charge on any atom is -0.480 e. The number of carboxylic acids is 1. The predicted molar refractivity (Wildman–Crippen MR) is 217 cm³/mol. The van der Waals surface area contributed by atoms with Crippen LogP contribution in [0.2, 0.25) is 0 Å². The Kier molecular flexibility index (Phi) is 36.9. The SMILES string of the molecule is CCCCCCCCC/C=C\CCCCCCCCCC(=O)OC(COC(=O)CCCCCCCCCCCCCC)COP(=O)(O)OCC(N)C(=O)O. The Balaban J connectivity index is 4.33. The van der Waals surface area contributed by atoms with E-state index in [2.05, 4.69) is 30.5 Å². The molecule has 0 aromatic carbocycles. The fourth-order valence-corrected chi connectivity index (χ4v) is 6.84. The van der Waals surface area contributed by atoms with E-state index < -0.39 is 51.1 Å². The first kappa shape index (κ1) is 52.2. The summed E-state index contributed by atoms with van der Waals surface area (Å²) in [5.41, 5.74) is 5.33. The van der Waals surface area contributed by atoms with Crippen LogP contribution >= 0.6 is 7.82 Å². The number of aliphatic carboxylic acids is 1. The molecule has 4 N–H and O–H groups in total. The van der Waals surface area contributed by atoms with Crippen molar-refractivity contribution in [3.63, 3.8) is 0 Å². The van der Waals surface area contributed by atoms with Crippen molar-refractivity contribution in [2.75, 3.05) is 19.8 Å². The van der Waals surface area contributed by atoms with Crippen LogP contribution in [0, 0.1) is 0 Å². The summed E-state index contributed by atoms with van der Waals surface area (Å²) in [5, 5.41) is 8.88. The molecule has 318 valence electrons. The van der Waals surface area contributed by atoms with Gasteiger partial charge in [0.05, 0.1) is 13.2 Å².